The molecule has 0 spiro atoms. The van der Waals surface area contributed by atoms with Crippen molar-refractivity contribution in [3.8, 4) is 0 Å². The average Bonchev–Trinajstić information content (AvgIpc) is 2.80. The van der Waals surface area contributed by atoms with E-state index in [9.17, 15) is 10.2 Å². The summed E-state index contributed by atoms with van der Waals surface area (Å²) in [5.74, 6) is -0.0593. The maximum Gasteiger partial charge on any atom is 0.0955 e. The highest BCUT2D eigenvalue weighted by molar-refractivity contribution is 5.79. The number of aliphatic hydroxyl groups excluding tert-OH is 2. The number of benzene rings is 1. The van der Waals surface area contributed by atoms with Crippen molar-refractivity contribution in [2.75, 3.05) is 24.6 Å². The molecule has 2 unspecified atom stereocenters. The van der Waals surface area contributed by atoms with E-state index in [1.165, 1.54) is 0 Å². The van der Waals surface area contributed by atoms with Crippen molar-refractivity contribution in [2.45, 2.75) is 12.5 Å². The smallest absolute Gasteiger partial charge is 0.0955 e. The Hall–Kier alpha value is -1.59. The normalized spacial score (nSPS) is 24.1. The van der Waals surface area contributed by atoms with Gasteiger partial charge in [0.05, 0.1) is 30.1 Å². The Labute approximate surface area is 112 Å². The molecule has 1 aliphatic rings. The molecule has 1 saturated heterocycles. The highest BCUT2D eigenvalue weighted by Crippen LogP contribution is 2.26. The van der Waals surface area contributed by atoms with Crippen LogP contribution in [0.15, 0.2) is 24.5 Å². The lowest BCUT2D eigenvalue weighted by atomic mass is 9.95. The topological polar surface area (TPSA) is 61.5 Å². The minimum Gasteiger partial charge on any atom is -0.396 e. The molecule has 2 N–H and O–H groups in total. The Morgan fingerprint density at radius 3 is 3.05 bits per heavy atom. The summed E-state index contributed by atoms with van der Waals surface area (Å²) in [5.41, 5.74) is 3.22. The fourth-order valence-electron chi connectivity index (χ4n) is 2.74. The van der Waals surface area contributed by atoms with Gasteiger partial charge in [-0.3, -0.25) is 0 Å². The number of aromatic nitrogens is 2. The Balaban J connectivity index is 1.89. The van der Waals surface area contributed by atoms with Gasteiger partial charge >= 0.3 is 0 Å². The number of imidazole rings is 1. The number of aryl methyl sites for hydroxylation is 1. The van der Waals surface area contributed by atoms with Gasteiger partial charge in [-0.25, -0.2) is 4.98 Å². The number of aliphatic hydroxyl groups is 2. The van der Waals surface area contributed by atoms with Crippen LogP contribution in [-0.2, 0) is 7.05 Å². The zero-order valence-corrected chi connectivity index (χ0v) is 11.0. The van der Waals surface area contributed by atoms with Crippen molar-refractivity contribution in [3.05, 3.63) is 24.5 Å². The van der Waals surface area contributed by atoms with Crippen LogP contribution in [0.5, 0.6) is 0 Å². The molecule has 102 valence electrons. The summed E-state index contributed by atoms with van der Waals surface area (Å²) < 4.78 is 2.00. The van der Waals surface area contributed by atoms with Crippen molar-refractivity contribution >= 4 is 16.7 Å². The van der Waals surface area contributed by atoms with Gasteiger partial charge < -0.3 is 19.7 Å². The third-order valence-electron chi connectivity index (χ3n) is 4.00. The van der Waals surface area contributed by atoms with Crippen LogP contribution in [0.4, 0.5) is 5.69 Å². The number of nitrogens with zero attached hydrogens (tertiary/aromatic N) is 3. The van der Waals surface area contributed by atoms with E-state index in [1.54, 1.807) is 0 Å². The van der Waals surface area contributed by atoms with Gasteiger partial charge in [0.1, 0.15) is 0 Å². The molecular formula is C14H19N3O2. The quantitative estimate of drug-likeness (QED) is 0.837. The van der Waals surface area contributed by atoms with Crippen LogP contribution >= 0.6 is 0 Å². The van der Waals surface area contributed by atoms with E-state index >= 15 is 0 Å². The second kappa shape index (κ2) is 4.83. The number of rotatable bonds is 2. The van der Waals surface area contributed by atoms with Crippen LogP contribution in [-0.4, -0.2) is 45.6 Å². The van der Waals surface area contributed by atoms with Gasteiger partial charge in [-0.2, -0.15) is 0 Å². The minimum atomic E-state index is -0.387. The van der Waals surface area contributed by atoms with Crippen molar-refractivity contribution in [1.82, 2.24) is 9.55 Å². The van der Waals surface area contributed by atoms with Crippen LogP contribution in [0.1, 0.15) is 6.42 Å². The molecule has 0 bridgehead atoms. The number of hydrogen-bond acceptors (Lipinski definition) is 4. The third kappa shape index (κ3) is 2.19. The Morgan fingerprint density at radius 1 is 1.42 bits per heavy atom. The van der Waals surface area contributed by atoms with Crippen molar-refractivity contribution < 1.29 is 10.2 Å². The van der Waals surface area contributed by atoms with Crippen LogP contribution < -0.4 is 4.90 Å². The summed E-state index contributed by atoms with van der Waals surface area (Å²) in [6, 6.07) is 6.19. The van der Waals surface area contributed by atoms with E-state index in [-0.39, 0.29) is 18.6 Å². The van der Waals surface area contributed by atoms with Gasteiger partial charge in [-0.15, -0.1) is 0 Å². The fourth-order valence-corrected chi connectivity index (χ4v) is 2.74. The molecule has 0 amide bonds. The molecular weight excluding hydrogens is 242 g/mol. The Morgan fingerprint density at radius 2 is 2.26 bits per heavy atom. The van der Waals surface area contributed by atoms with Crippen LogP contribution in [0.2, 0.25) is 0 Å². The molecule has 2 atom stereocenters. The molecule has 5 heteroatoms. The third-order valence-corrected chi connectivity index (χ3v) is 4.00. The molecule has 0 saturated carbocycles. The van der Waals surface area contributed by atoms with E-state index in [0.29, 0.717) is 13.0 Å². The van der Waals surface area contributed by atoms with E-state index < -0.39 is 0 Å². The molecule has 1 fully saturated rings. The number of piperidine rings is 1. The minimum absolute atomic E-state index is 0.0334. The Bertz CT molecular complexity index is 581. The Kier molecular flexibility index (Phi) is 3.16. The van der Waals surface area contributed by atoms with Crippen LogP contribution in [0, 0.1) is 5.92 Å². The summed E-state index contributed by atoms with van der Waals surface area (Å²) >= 11 is 0. The van der Waals surface area contributed by atoms with Crippen molar-refractivity contribution in [2.24, 2.45) is 13.0 Å². The first kappa shape index (κ1) is 12.4. The van der Waals surface area contributed by atoms with E-state index in [4.69, 9.17) is 0 Å². The second-order valence-corrected chi connectivity index (χ2v) is 5.27. The molecule has 5 nitrogen and oxygen atoms in total. The monoisotopic (exact) mass is 261 g/mol. The number of anilines is 1. The summed E-state index contributed by atoms with van der Waals surface area (Å²) in [5, 5.41) is 19.1. The first-order valence-electron chi connectivity index (χ1n) is 6.64. The largest absolute Gasteiger partial charge is 0.396 e. The molecule has 0 radical (unpaired) electrons. The van der Waals surface area contributed by atoms with Gasteiger partial charge in [0.25, 0.3) is 0 Å². The van der Waals surface area contributed by atoms with Gasteiger partial charge in [-0.05, 0) is 24.6 Å². The molecule has 19 heavy (non-hydrogen) atoms. The maximum atomic E-state index is 9.82. The predicted octanol–water partition coefficient (Wildman–Crippen LogP) is 0.753. The van der Waals surface area contributed by atoms with E-state index in [1.807, 2.05) is 24.0 Å². The summed E-state index contributed by atoms with van der Waals surface area (Å²) in [4.78, 5) is 6.53. The zero-order chi connectivity index (χ0) is 13.4. The molecule has 3 rings (SSSR count). The van der Waals surface area contributed by atoms with Crippen LogP contribution in [0.25, 0.3) is 11.0 Å². The van der Waals surface area contributed by atoms with Crippen molar-refractivity contribution in [3.63, 3.8) is 0 Å². The van der Waals surface area contributed by atoms with E-state index in [0.717, 1.165) is 23.3 Å². The highest BCUT2D eigenvalue weighted by atomic mass is 16.3. The van der Waals surface area contributed by atoms with Crippen LogP contribution in [0.3, 0.4) is 0 Å². The number of fused-ring (bicyclic) bond motifs is 1. The lowest BCUT2D eigenvalue weighted by Crippen LogP contribution is -2.44. The molecule has 1 aromatic heterocycles. The summed E-state index contributed by atoms with van der Waals surface area (Å²) in [6.07, 6.45) is 2.13. The first-order valence-corrected chi connectivity index (χ1v) is 6.64. The standard InChI is InChI=1S/C14H19N3O2/c1-16-9-15-12-3-2-11(6-13(12)16)17-5-4-14(19)10(7-17)8-18/h2-3,6,9-10,14,18-19H,4-5,7-8H2,1H3. The average molecular weight is 261 g/mol. The van der Waals surface area contributed by atoms with E-state index in [2.05, 4.69) is 22.0 Å². The highest BCUT2D eigenvalue weighted by Gasteiger charge is 2.27. The van der Waals surface area contributed by atoms with Gasteiger partial charge in [-0.1, -0.05) is 0 Å². The fraction of sp³-hybridized carbons (Fsp3) is 0.500. The lowest BCUT2D eigenvalue weighted by Gasteiger charge is -2.36. The first-order chi connectivity index (χ1) is 9.19. The SMILES string of the molecule is Cn1cnc2ccc(N3CCC(O)C(CO)C3)cc21. The molecule has 2 heterocycles. The predicted molar refractivity (Wildman–Crippen MR) is 74.1 cm³/mol. The molecule has 1 aromatic carbocycles. The van der Waals surface area contributed by atoms with Gasteiger partial charge in [0.15, 0.2) is 0 Å². The molecule has 1 aliphatic heterocycles. The second-order valence-electron chi connectivity index (χ2n) is 5.27. The van der Waals surface area contributed by atoms with Gasteiger partial charge in [0, 0.05) is 31.7 Å². The molecule has 0 aliphatic carbocycles. The summed E-state index contributed by atoms with van der Waals surface area (Å²) in [6.45, 7) is 1.55. The summed E-state index contributed by atoms with van der Waals surface area (Å²) in [7, 11) is 1.98. The van der Waals surface area contributed by atoms with Gasteiger partial charge in [0.2, 0.25) is 0 Å². The maximum absolute atomic E-state index is 9.82. The number of hydrogen-bond donors (Lipinski definition) is 2. The van der Waals surface area contributed by atoms with Crippen molar-refractivity contribution in [1.29, 1.82) is 0 Å². The zero-order valence-electron chi connectivity index (χ0n) is 11.0. The lowest BCUT2D eigenvalue weighted by molar-refractivity contribution is 0.0526. The molecule has 2 aromatic rings.